The number of Topliss-reactive ketones (excluding diaryl/α,β-unsaturated/α-hetero) is 1. The first-order valence-corrected chi connectivity index (χ1v) is 6.27. The molecular formula is C15H9ClFN3O. The molecule has 2 aromatic rings. The van der Waals surface area contributed by atoms with Gasteiger partial charge in [-0.05, 0) is 48.5 Å². The molecule has 0 saturated carbocycles. The second-order valence-corrected chi connectivity index (χ2v) is 4.46. The Bertz CT molecular complexity index is 718. The Morgan fingerprint density at radius 3 is 2.33 bits per heavy atom. The van der Waals surface area contributed by atoms with E-state index in [0.29, 0.717) is 16.3 Å². The smallest absolute Gasteiger partial charge is 0.223 e. The number of hydrazone groups is 1. The van der Waals surface area contributed by atoms with E-state index in [1.807, 2.05) is 0 Å². The molecular weight excluding hydrogens is 293 g/mol. The summed E-state index contributed by atoms with van der Waals surface area (Å²) in [4.78, 5) is 12.1. The number of rotatable bonds is 4. The van der Waals surface area contributed by atoms with E-state index in [4.69, 9.17) is 16.9 Å². The first-order valence-electron chi connectivity index (χ1n) is 5.90. The molecule has 1 N–H and O–H groups in total. The van der Waals surface area contributed by atoms with E-state index < -0.39 is 5.78 Å². The quantitative estimate of drug-likeness (QED) is 0.532. The van der Waals surface area contributed by atoms with Gasteiger partial charge in [0.2, 0.25) is 11.5 Å². The van der Waals surface area contributed by atoms with Crippen molar-refractivity contribution in [3.63, 3.8) is 0 Å². The number of nitrogens with one attached hydrogen (secondary N) is 1. The van der Waals surface area contributed by atoms with Gasteiger partial charge in [-0.1, -0.05) is 11.6 Å². The minimum atomic E-state index is -0.524. The molecule has 0 heterocycles. The average molecular weight is 302 g/mol. The Balaban J connectivity index is 2.17. The van der Waals surface area contributed by atoms with Crippen LogP contribution in [0.4, 0.5) is 10.1 Å². The van der Waals surface area contributed by atoms with Gasteiger partial charge in [-0.2, -0.15) is 10.4 Å². The van der Waals surface area contributed by atoms with Gasteiger partial charge in [0.1, 0.15) is 11.9 Å². The van der Waals surface area contributed by atoms with Crippen LogP contribution < -0.4 is 5.43 Å². The number of benzene rings is 2. The van der Waals surface area contributed by atoms with Crippen molar-refractivity contribution < 1.29 is 9.18 Å². The zero-order valence-corrected chi connectivity index (χ0v) is 11.4. The molecule has 0 unspecified atom stereocenters. The van der Waals surface area contributed by atoms with Crippen molar-refractivity contribution in [2.45, 2.75) is 0 Å². The van der Waals surface area contributed by atoms with Gasteiger partial charge in [0.25, 0.3) is 0 Å². The van der Waals surface area contributed by atoms with Crippen molar-refractivity contribution in [2.75, 3.05) is 5.43 Å². The van der Waals surface area contributed by atoms with Crippen LogP contribution in [0.25, 0.3) is 0 Å². The number of nitriles is 1. The van der Waals surface area contributed by atoms with Crippen molar-refractivity contribution in [1.82, 2.24) is 0 Å². The van der Waals surface area contributed by atoms with Crippen LogP contribution in [0.2, 0.25) is 5.02 Å². The maximum atomic E-state index is 12.8. The lowest BCUT2D eigenvalue weighted by Gasteiger charge is -2.02. The first-order chi connectivity index (χ1) is 10.1. The summed E-state index contributed by atoms with van der Waals surface area (Å²) in [5.74, 6) is -0.911. The maximum absolute atomic E-state index is 12.8. The summed E-state index contributed by atoms with van der Waals surface area (Å²) in [5, 5.41) is 13.2. The highest BCUT2D eigenvalue weighted by Gasteiger charge is 2.13. The Morgan fingerprint density at radius 2 is 1.76 bits per heavy atom. The minimum absolute atomic E-state index is 0.304. The van der Waals surface area contributed by atoms with E-state index in [2.05, 4.69) is 10.5 Å². The second kappa shape index (κ2) is 6.64. The fourth-order valence-electron chi connectivity index (χ4n) is 1.51. The van der Waals surface area contributed by atoms with Crippen molar-refractivity contribution in [3.05, 3.63) is 64.9 Å². The van der Waals surface area contributed by atoms with Crippen LogP contribution in [0.1, 0.15) is 10.4 Å². The zero-order valence-electron chi connectivity index (χ0n) is 10.7. The molecule has 0 fully saturated rings. The Hall–Kier alpha value is -2.71. The van der Waals surface area contributed by atoms with Crippen LogP contribution in [-0.2, 0) is 0 Å². The van der Waals surface area contributed by atoms with Gasteiger partial charge in [-0.15, -0.1) is 0 Å². The third-order valence-electron chi connectivity index (χ3n) is 2.57. The molecule has 0 aliphatic heterocycles. The summed E-state index contributed by atoms with van der Waals surface area (Å²) in [6.45, 7) is 0. The third kappa shape index (κ3) is 3.88. The van der Waals surface area contributed by atoms with Gasteiger partial charge in [0, 0.05) is 10.6 Å². The van der Waals surface area contributed by atoms with E-state index in [0.717, 1.165) is 0 Å². The van der Waals surface area contributed by atoms with Crippen LogP contribution in [0.5, 0.6) is 0 Å². The van der Waals surface area contributed by atoms with E-state index in [1.54, 1.807) is 18.2 Å². The molecule has 6 heteroatoms. The molecule has 0 amide bonds. The van der Waals surface area contributed by atoms with E-state index >= 15 is 0 Å². The maximum Gasteiger partial charge on any atom is 0.223 e. The molecule has 0 atom stereocenters. The molecule has 2 rings (SSSR count). The monoisotopic (exact) mass is 301 g/mol. The molecule has 0 aromatic heterocycles. The molecule has 0 radical (unpaired) electrons. The van der Waals surface area contributed by atoms with Crippen LogP contribution in [0.15, 0.2) is 53.6 Å². The van der Waals surface area contributed by atoms with Crippen LogP contribution in [-0.4, -0.2) is 11.5 Å². The molecule has 0 bridgehead atoms. The Labute approximate surface area is 125 Å². The van der Waals surface area contributed by atoms with Gasteiger partial charge < -0.3 is 0 Å². The van der Waals surface area contributed by atoms with Gasteiger partial charge in [-0.3, -0.25) is 10.2 Å². The summed E-state index contributed by atoms with van der Waals surface area (Å²) in [6.07, 6.45) is 0. The number of anilines is 1. The normalized spacial score (nSPS) is 10.8. The standard InChI is InChI=1S/C15H9ClFN3O/c16-11-3-1-10(2-4-11)15(21)14(9-18)20-19-13-7-5-12(17)6-8-13/h1-8,19H. The molecule has 0 saturated heterocycles. The summed E-state index contributed by atoms with van der Waals surface area (Å²) in [6, 6.07) is 13.2. The topological polar surface area (TPSA) is 65.2 Å². The molecule has 21 heavy (non-hydrogen) atoms. The summed E-state index contributed by atoms with van der Waals surface area (Å²) < 4.78 is 12.8. The molecule has 2 aromatic carbocycles. The van der Waals surface area contributed by atoms with Gasteiger partial charge in [0.15, 0.2) is 0 Å². The van der Waals surface area contributed by atoms with Crippen molar-refractivity contribution >= 4 is 28.8 Å². The number of hydrogen-bond acceptors (Lipinski definition) is 4. The van der Waals surface area contributed by atoms with Gasteiger partial charge >= 0.3 is 0 Å². The lowest BCUT2D eigenvalue weighted by Crippen LogP contribution is -2.14. The number of carbonyl (C=O) groups is 1. The highest BCUT2D eigenvalue weighted by molar-refractivity contribution is 6.51. The van der Waals surface area contributed by atoms with E-state index in [9.17, 15) is 9.18 Å². The molecule has 0 spiro atoms. The number of hydrogen-bond donors (Lipinski definition) is 1. The number of nitrogens with zero attached hydrogens (tertiary/aromatic N) is 2. The van der Waals surface area contributed by atoms with Crippen LogP contribution in [0.3, 0.4) is 0 Å². The SMILES string of the molecule is N#CC(=NNc1ccc(F)cc1)C(=O)c1ccc(Cl)cc1. The largest absolute Gasteiger partial charge is 0.286 e. The highest BCUT2D eigenvalue weighted by atomic mass is 35.5. The molecule has 0 aliphatic rings. The minimum Gasteiger partial charge on any atom is -0.286 e. The van der Waals surface area contributed by atoms with Gasteiger partial charge in [0.05, 0.1) is 5.69 Å². The average Bonchev–Trinajstić information content (AvgIpc) is 2.50. The third-order valence-corrected chi connectivity index (χ3v) is 2.82. The van der Waals surface area contributed by atoms with Crippen LogP contribution in [0, 0.1) is 17.1 Å². The number of halogens is 2. The predicted octanol–water partition coefficient (Wildman–Crippen LogP) is 3.65. The lowest BCUT2D eigenvalue weighted by molar-refractivity contribution is 0.106. The van der Waals surface area contributed by atoms with Crippen molar-refractivity contribution in [2.24, 2.45) is 5.10 Å². The first kappa shape index (κ1) is 14.7. The Morgan fingerprint density at radius 1 is 1.14 bits per heavy atom. The summed E-state index contributed by atoms with van der Waals surface area (Å²) in [5.41, 5.74) is 3.00. The number of carbonyl (C=O) groups excluding carboxylic acids is 1. The van der Waals surface area contributed by atoms with Crippen molar-refractivity contribution in [3.8, 4) is 6.07 Å². The highest BCUT2D eigenvalue weighted by Crippen LogP contribution is 2.11. The second-order valence-electron chi connectivity index (χ2n) is 4.03. The molecule has 0 aliphatic carbocycles. The van der Waals surface area contributed by atoms with Crippen molar-refractivity contribution in [1.29, 1.82) is 5.26 Å². The summed E-state index contributed by atoms with van der Waals surface area (Å²) >= 11 is 5.73. The van der Waals surface area contributed by atoms with E-state index in [1.165, 1.54) is 36.4 Å². The fourth-order valence-corrected chi connectivity index (χ4v) is 1.64. The fraction of sp³-hybridized carbons (Fsp3) is 0. The zero-order chi connectivity index (χ0) is 15.2. The summed E-state index contributed by atoms with van der Waals surface area (Å²) in [7, 11) is 0. The Kier molecular flexibility index (Phi) is 4.64. The predicted molar refractivity (Wildman–Crippen MR) is 78.9 cm³/mol. The molecule has 104 valence electrons. The molecule has 4 nitrogen and oxygen atoms in total. The lowest BCUT2D eigenvalue weighted by atomic mass is 10.1. The van der Waals surface area contributed by atoms with E-state index in [-0.39, 0.29) is 11.5 Å². The number of ketones is 1. The van der Waals surface area contributed by atoms with Gasteiger partial charge in [-0.25, -0.2) is 4.39 Å². The van der Waals surface area contributed by atoms with Crippen LogP contribution >= 0.6 is 11.6 Å².